The summed E-state index contributed by atoms with van der Waals surface area (Å²) in [6.07, 6.45) is 0.464. The average molecular weight is 398 g/mol. The average Bonchev–Trinajstić information content (AvgIpc) is 2.15. The Labute approximate surface area is 117 Å². The van der Waals surface area contributed by atoms with E-state index in [0.717, 1.165) is 0 Å². The fourth-order valence-electron chi connectivity index (χ4n) is 1.74. The fraction of sp³-hybridized carbons (Fsp3) is 1.00. The zero-order valence-electron chi connectivity index (χ0n) is 11.9. The first-order valence-corrected chi connectivity index (χ1v) is 14.1. The van der Waals surface area contributed by atoms with Crippen LogP contribution in [0.3, 0.4) is 0 Å². The third-order valence-corrected chi connectivity index (χ3v) is 10.9. The molecule has 112 valence electrons. The van der Waals surface area contributed by atoms with E-state index in [4.69, 9.17) is 11.6 Å². The van der Waals surface area contributed by atoms with Crippen LogP contribution in [0.15, 0.2) is 0 Å². The number of hydrogen-bond donors (Lipinski definition) is 0. The van der Waals surface area contributed by atoms with Crippen molar-refractivity contribution in [2.24, 2.45) is 0 Å². The molecule has 2 nitrogen and oxygen atoms in total. The van der Waals surface area contributed by atoms with Crippen molar-refractivity contribution in [1.82, 2.24) is 4.90 Å². The van der Waals surface area contributed by atoms with Gasteiger partial charge in [-0.1, -0.05) is 0 Å². The maximum absolute atomic E-state index is 13.7. The normalized spacial score (nSPS) is 15.7. The van der Waals surface area contributed by atoms with Crippen LogP contribution < -0.4 is 0 Å². The molecule has 0 amide bonds. The van der Waals surface area contributed by atoms with Gasteiger partial charge in [-0.05, 0) is 0 Å². The molecule has 0 spiro atoms. The zero-order valence-corrected chi connectivity index (χ0v) is 15.5. The van der Waals surface area contributed by atoms with Gasteiger partial charge >= 0.3 is 117 Å². The molecular weight excluding hydrogens is 371 g/mol. The van der Waals surface area contributed by atoms with Crippen LogP contribution in [0, 0.1) is 0 Å². The summed E-state index contributed by atoms with van der Waals surface area (Å²) in [6.45, 7) is 1.02. The van der Waals surface area contributed by atoms with Crippen molar-refractivity contribution in [3.63, 3.8) is 0 Å². The fourth-order valence-corrected chi connectivity index (χ4v) is 7.19. The number of quaternary nitrogens is 1. The molecule has 0 radical (unpaired) electrons. The molecule has 18 heavy (non-hydrogen) atoms. The van der Waals surface area contributed by atoms with Gasteiger partial charge in [-0.3, -0.25) is 0 Å². The molecule has 0 aliphatic carbocycles. The van der Waals surface area contributed by atoms with Gasteiger partial charge in [0.25, 0.3) is 0 Å². The van der Waals surface area contributed by atoms with E-state index >= 15 is 0 Å². The van der Waals surface area contributed by atoms with Crippen molar-refractivity contribution in [3.05, 3.63) is 0 Å². The first-order valence-electron chi connectivity index (χ1n) is 6.28. The van der Waals surface area contributed by atoms with Gasteiger partial charge in [0.05, 0.1) is 0 Å². The summed E-state index contributed by atoms with van der Waals surface area (Å²) in [4.78, 5) is 1.80. The van der Waals surface area contributed by atoms with Gasteiger partial charge < -0.3 is 0 Å². The molecule has 0 aromatic rings. The number of rotatable bonds is 9. The van der Waals surface area contributed by atoms with Gasteiger partial charge in [0.2, 0.25) is 0 Å². The quantitative estimate of drug-likeness (QED) is 0.249. The first kappa shape index (κ1) is 18.8. The number of hydrogen-bond acceptors (Lipinski definition) is 1. The minimum absolute atomic E-state index is 0.219. The summed E-state index contributed by atoms with van der Waals surface area (Å²) in [5.74, 6) is 0. The summed E-state index contributed by atoms with van der Waals surface area (Å²) in [6, 6.07) is 0.357. The molecule has 7 heteroatoms. The van der Waals surface area contributed by atoms with Crippen LogP contribution >= 0.6 is 11.6 Å². The first-order chi connectivity index (χ1) is 7.95. The zero-order chi connectivity index (χ0) is 14.5. The van der Waals surface area contributed by atoms with Crippen LogP contribution in [0.5, 0.6) is 0 Å². The Kier molecular flexibility index (Phi) is 7.30. The molecule has 0 aliphatic rings. The van der Waals surface area contributed by atoms with Crippen LogP contribution in [0.2, 0.25) is 8.87 Å². The molecule has 0 aromatic heterocycles. The molecule has 0 atom stereocenters. The van der Waals surface area contributed by atoms with Gasteiger partial charge in [-0.15, -0.1) is 0 Å². The Balaban J connectivity index is 4.10. The summed E-state index contributed by atoms with van der Waals surface area (Å²) in [5.41, 5.74) is 0. The van der Waals surface area contributed by atoms with Gasteiger partial charge in [0.15, 0.2) is 0 Å². The molecule has 0 saturated heterocycles. The van der Waals surface area contributed by atoms with E-state index in [9.17, 15) is 8.60 Å². The predicted octanol–water partition coefficient (Wildman–Crippen LogP) is 3.40. The predicted molar refractivity (Wildman–Crippen MR) is 74.2 cm³/mol. The SMILES string of the molecule is CN(C)CC[CH2][Sn-]([F])([F])([F])[CH2]CC[N+](C)(C)CCl. The van der Waals surface area contributed by atoms with E-state index in [1.54, 1.807) is 19.0 Å². The van der Waals surface area contributed by atoms with Crippen molar-refractivity contribution in [2.45, 2.75) is 21.7 Å². The minimum atomic E-state index is -6.83. The van der Waals surface area contributed by atoms with Crippen molar-refractivity contribution < 1.29 is 13.1 Å². The van der Waals surface area contributed by atoms with Gasteiger partial charge in [0.1, 0.15) is 0 Å². The summed E-state index contributed by atoms with van der Waals surface area (Å²) < 4.78 is 40.6. The molecule has 0 N–H and O–H groups in total. The second-order valence-corrected chi connectivity index (χ2v) is 16.4. The van der Waals surface area contributed by atoms with Crippen LogP contribution in [0.25, 0.3) is 0 Å². The molecule has 0 heterocycles. The summed E-state index contributed by atoms with van der Waals surface area (Å²) >= 11 is -1.13. The molecule has 0 saturated carbocycles. The Morgan fingerprint density at radius 2 is 1.56 bits per heavy atom. The van der Waals surface area contributed by atoms with E-state index in [1.165, 1.54) is 0 Å². The Hall–Kier alpha value is 0.799. The standard InChI is InChI=1S/C6H14ClN.C5H12N.3FH.Sn/c1-4-5-8(2,3)6-7;1-4-5-6(2)3;;;;/h1,4-6H2,2-3H3;1,4-5H2,2-3H3;3*1H;/q+1;;;;;+2/p-3. The van der Waals surface area contributed by atoms with Gasteiger partial charge in [-0.25, -0.2) is 0 Å². The number of halogens is 4. The van der Waals surface area contributed by atoms with E-state index < -0.39 is 27.6 Å². The number of nitrogens with zero attached hydrogens (tertiary/aromatic N) is 2. The second-order valence-electron chi connectivity index (χ2n) is 6.06. The van der Waals surface area contributed by atoms with E-state index in [2.05, 4.69) is 0 Å². The summed E-state index contributed by atoms with van der Waals surface area (Å²) in [5, 5.41) is 0. The van der Waals surface area contributed by atoms with Crippen molar-refractivity contribution in [3.8, 4) is 0 Å². The van der Waals surface area contributed by atoms with Gasteiger partial charge in [-0.2, -0.15) is 0 Å². The Morgan fingerprint density at radius 3 is 2.00 bits per heavy atom. The van der Waals surface area contributed by atoms with E-state index in [1.807, 2.05) is 14.1 Å². The molecule has 0 bridgehead atoms. The molecule has 0 aliphatic heterocycles. The van der Waals surface area contributed by atoms with Crippen molar-refractivity contribution in [2.75, 3.05) is 47.3 Å². The van der Waals surface area contributed by atoms with Crippen LogP contribution in [-0.2, 0) is 0 Å². The monoisotopic (exact) mass is 398 g/mol. The summed E-state index contributed by atoms with van der Waals surface area (Å²) in [7, 11) is 7.33. The molecule has 0 fully saturated rings. The Bertz CT molecular complexity index is 254. The van der Waals surface area contributed by atoms with Gasteiger partial charge in [0, 0.05) is 0 Å². The molecule has 0 aromatic carbocycles. The van der Waals surface area contributed by atoms with E-state index in [0.29, 0.717) is 23.6 Å². The molecular formula is C11H26ClF3N2Sn. The van der Waals surface area contributed by atoms with Crippen LogP contribution in [0.1, 0.15) is 12.8 Å². The van der Waals surface area contributed by atoms with Crippen LogP contribution in [0.4, 0.5) is 8.60 Å². The van der Waals surface area contributed by atoms with Crippen LogP contribution in [-0.4, -0.2) is 75.4 Å². The third kappa shape index (κ3) is 9.69. The Morgan fingerprint density at radius 1 is 1.06 bits per heavy atom. The maximum atomic E-state index is 13.7. The topological polar surface area (TPSA) is 3.24 Å². The van der Waals surface area contributed by atoms with E-state index in [-0.39, 0.29) is 12.8 Å². The molecule has 0 rings (SSSR count). The number of alkyl halides is 1. The second kappa shape index (κ2) is 6.99. The third-order valence-electron chi connectivity index (χ3n) is 2.97. The molecule has 0 unspecified atom stereocenters. The van der Waals surface area contributed by atoms with Crippen molar-refractivity contribution in [1.29, 1.82) is 0 Å². The van der Waals surface area contributed by atoms with Crippen molar-refractivity contribution >= 4 is 30.3 Å².